The lowest BCUT2D eigenvalue weighted by Gasteiger charge is -2.28. The first kappa shape index (κ1) is 15.5. The summed E-state index contributed by atoms with van der Waals surface area (Å²) in [6, 6.07) is 9.36. The molecule has 0 saturated heterocycles. The Bertz CT molecular complexity index is 529. The Hall–Kier alpha value is -0.860. The largest absolute Gasteiger partial charge is 0.314 e. The first-order chi connectivity index (χ1) is 9.63. The van der Waals surface area contributed by atoms with Crippen LogP contribution in [-0.2, 0) is 6.42 Å². The summed E-state index contributed by atoms with van der Waals surface area (Å²) in [6.07, 6.45) is 2.39. The molecule has 0 aliphatic heterocycles. The van der Waals surface area contributed by atoms with Crippen LogP contribution in [0.25, 0.3) is 10.1 Å². The van der Waals surface area contributed by atoms with Gasteiger partial charge in [0.15, 0.2) is 0 Å². The number of nitrogens with one attached hydrogen (secondary N) is 1. The van der Waals surface area contributed by atoms with Crippen LogP contribution in [0.5, 0.6) is 0 Å². The van der Waals surface area contributed by atoms with Gasteiger partial charge >= 0.3 is 0 Å². The second-order valence-electron chi connectivity index (χ2n) is 6.11. The fourth-order valence-corrected chi connectivity index (χ4v) is 3.93. The molecule has 1 aromatic carbocycles. The van der Waals surface area contributed by atoms with Crippen molar-refractivity contribution in [2.45, 2.75) is 46.6 Å². The summed E-state index contributed by atoms with van der Waals surface area (Å²) in [5.74, 6) is 1.40. The summed E-state index contributed by atoms with van der Waals surface area (Å²) in [4.78, 5) is 0. The van der Waals surface area contributed by atoms with Gasteiger partial charge in [-0.1, -0.05) is 39.0 Å². The summed E-state index contributed by atoms with van der Waals surface area (Å²) in [5.41, 5.74) is 1.52. The normalized spacial score (nSPS) is 14.8. The van der Waals surface area contributed by atoms with Crippen molar-refractivity contribution in [2.75, 3.05) is 6.54 Å². The highest BCUT2D eigenvalue weighted by atomic mass is 32.1. The summed E-state index contributed by atoms with van der Waals surface area (Å²) < 4.78 is 1.42. The van der Waals surface area contributed by atoms with Crippen LogP contribution in [0.2, 0.25) is 0 Å². The van der Waals surface area contributed by atoms with Crippen molar-refractivity contribution in [3.8, 4) is 0 Å². The third-order valence-electron chi connectivity index (χ3n) is 4.23. The zero-order valence-corrected chi connectivity index (χ0v) is 14.0. The van der Waals surface area contributed by atoms with Crippen LogP contribution in [0.3, 0.4) is 0 Å². The van der Waals surface area contributed by atoms with Gasteiger partial charge < -0.3 is 5.32 Å². The molecule has 2 heteroatoms. The maximum absolute atomic E-state index is 3.68. The van der Waals surface area contributed by atoms with Crippen molar-refractivity contribution in [1.82, 2.24) is 5.32 Å². The molecule has 0 aliphatic carbocycles. The third kappa shape index (κ3) is 3.62. The maximum atomic E-state index is 3.68. The molecular weight excluding hydrogens is 262 g/mol. The van der Waals surface area contributed by atoms with Crippen LogP contribution in [0.15, 0.2) is 29.6 Å². The number of fused-ring (bicyclic) bond motifs is 1. The number of rotatable bonds is 7. The highest BCUT2D eigenvalue weighted by molar-refractivity contribution is 7.17. The van der Waals surface area contributed by atoms with Gasteiger partial charge in [-0.15, -0.1) is 11.3 Å². The van der Waals surface area contributed by atoms with Gasteiger partial charge in [0.2, 0.25) is 0 Å². The molecule has 2 rings (SSSR count). The van der Waals surface area contributed by atoms with Crippen molar-refractivity contribution in [2.24, 2.45) is 11.8 Å². The molecule has 2 aromatic rings. The molecule has 0 fully saturated rings. The summed E-state index contributed by atoms with van der Waals surface area (Å²) in [5, 5.41) is 7.48. The molecule has 2 atom stereocenters. The molecular formula is C18H27NS. The van der Waals surface area contributed by atoms with E-state index in [2.05, 4.69) is 62.7 Å². The van der Waals surface area contributed by atoms with Crippen molar-refractivity contribution in [3.05, 3.63) is 35.2 Å². The van der Waals surface area contributed by atoms with E-state index in [9.17, 15) is 0 Å². The number of hydrogen-bond acceptors (Lipinski definition) is 2. The lowest BCUT2D eigenvalue weighted by atomic mass is 9.84. The van der Waals surface area contributed by atoms with E-state index in [1.54, 1.807) is 0 Å². The van der Waals surface area contributed by atoms with E-state index in [-0.39, 0.29) is 0 Å². The van der Waals surface area contributed by atoms with E-state index < -0.39 is 0 Å². The standard InChI is InChI=1S/C18H27NS/c1-5-10-19-14(4)17(13(2)3)11-15-12-20-18-9-7-6-8-16(15)18/h6-9,12-14,17,19H,5,10-11H2,1-4H3. The fourth-order valence-electron chi connectivity index (χ4n) is 2.96. The third-order valence-corrected chi connectivity index (χ3v) is 5.24. The average molecular weight is 289 g/mol. The van der Waals surface area contributed by atoms with Gasteiger partial charge in [0.25, 0.3) is 0 Å². The molecule has 1 nitrogen and oxygen atoms in total. The van der Waals surface area contributed by atoms with Gasteiger partial charge in [0.1, 0.15) is 0 Å². The topological polar surface area (TPSA) is 12.0 Å². The second kappa shape index (κ2) is 7.24. The smallest absolute Gasteiger partial charge is 0.0345 e. The van der Waals surface area contributed by atoms with Gasteiger partial charge in [0.05, 0.1) is 0 Å². The minimum absolute atomic E-state index is 0.577. The SMILES string of the molecule is CCCNC(C)C(Cc1csc2ccccc12)C(C)C. The molecule has 110 valence electrons. The van der Waals surface area contributed by atoms with E-state index >= 15 is 0 Å². The van der Waals surface area contributed by atoms with E-state index in [0.29, 0.717) is 17.9 Å². The first-order valence-electron chi connectivity index (χ1n) is 7.82. The predicted molar refractivity (Wildman–Crippen MR) is 91.6 cm³/mol. The molecule has 0 spiro atoms. The average Bonchev–Trinajstić information content (AvgIpc) is 2.85. The lowest BCUT2D eigenvalue weighted by Crippen LogP contribution is -2.37. The minimum atomic E-state index is 0.577. The van der Waals surface area contributed by atoms with E-state index in [4.69, 9.17) is 0 Å². The highest BCUT2D eigenvalue weighted by Gasteiger charge is 2.21. The van der Waals surface area contributed by atoms with Crippen molar-refractivity contribution >= 4 is 21.4 Å². The summed E-state index contributed by atoms with van der Waals surface area (Å²) >= 11 is 1.88. The molecule has 0 aliphatic rings. The molecule has 0 amide bonds. The Morgan fingerprint density at radius 2 is 1.90 bits per heavy atom. The van der Waals surface area contributed by atoms with Crippen LogP contribution in [0.1, 0.15) is 39.7 Å². The highest BCUT2D eigenvalue weighted by Crippen LogP contribution is 2.30. The number of hydrogen-bond donors (Lipinski definition) is 1. The fraction of sp³-hybridized carbons (Fsp3) is 0.556. The quantitative estimate of drug-likeness (QED) is 0.747. The number of thiophene rings is 1. The summed E-state index contributed by atoms with van der Waals surface area (Å²) in [6.45, 7) is 10.4. The van der Waals surface area contributed by atoms with Gasteiger partial charge in [-0.2, -0.15) is 0 Å². The van der Waals surface area contributed by atoms with Crippen LogP contribution >= 0.6 is 11.3 Å². The monoisotopic (exact) mass is 289 g/mol. The zero-order valence-electron chi connectivity index (χ0n) is 13.1. The van der Waals surface area contributed by atoms with E-state index in [1.165, 1.54) is 28.5 Å². The Labute approximate surface area is 127 Å². The molecule has 20 heavy (non-hydrogen) atoms. The Morgan fingerprint density at radius 1 is 1.15 bits per heavy atom. The molecule has 1 aromatic heterocycles. The number of benzene rings is 1. The van der Waals surface area contributed by atoms with Gasteiger partial charge in [-0.3, -0.25) is 0 Å². The van der Waals surface area contributed by atoms with Gasteiger partial charge in [-0.05, 0) is 60.5 Å². The van der Waals surface area contributed by atoms with Crippen molar-refractivity contribution in [3.63, 3.8) is 0 Å². The van der Waals surface area contributed by atoms with Crippen LogP contribution in [-0.4, -0.2) is 12.6 Å². The van der Waals surface area contributed by atoms with Crippen molar-refractivity contribution < 1.29 is 0 Å². The maximum Gasteiger partial charge on any atom is 0.0345 e. The molecule has 2 unspecified atom stereocenters. The Morgan fingerprint density at radius 3 is 2.60 bits per heavy atom. The predicted octanol–water partition coefficient (Wildman–Crippen LogP) is 5.10. The zero-order chi connectivity index (χ0) is 14.5. The van der Waals surface area contributed by atoms with Crippen LogP contribution in [0.4, 0.5) is 0 Å². The van der Waals surface area contributed by atoms with E-state index in [1.807, 2.05) is 11.3 Å². The van der Waals surface area contributed by atoms with Crippen LogP contribution in [0, 0.1) is 11.8 Å². The van der Waals surface area contributed by atoms with Gasteiger partial charge in [-0.25, -0.2) is 0 Å². The summed E-state index contributed by atoms with van der Waals surface area (Å²) in [7, 11) is 0. The molecule has 1 heterocycles. The van der Waals surface area contributed by atoms with Gasteiger partial charge in [0, 0.05) is 10.7 Å². The Balaban J connectivity index is 2.15. The minimum Gasteiger partial charge on any atom is -0.314 e. The Kier molecular flexibility index (Phi) is 5.62. The van der Waals surface area contributed by atoms with Crippen LogP contribution < -0.4 is 5.32 Å². The molecule has 0 bridgehead atoms. The molecule has 0 radical (unpaired) electrons. The first-order valence-corrected chi connectivity index (χ1v) is 8.70. The lowest BCUT2D eigenvalue weighted by molar-refractivity contribution is 0.290. The van der Waals surface area contributed by atoms with Crippen molar-refractivity contribution in [1.29, 1.82) is 0 Å². The molecule has 0 saturated carbocycles. The second-order valence-corrected chi connectivity index (χ2v) is 7.02. The van der Waals surface area contributed by atoms with E-state index in [0.717, 1.165) is 6.54 Å². The molecule has 1 N–H and O–H groups in total.